The van der Waals surface area contributed by atoms with Crippen LogP contribution in [-0.2, 0) is 53.2 Å². The van der Waals surface area contributed by atoms with E-state index in [1.54, 1.807) is 18.2 Å². The number of carbonyl (C=O) groups excluding carboxylic acids is 8. The van der Waals surface area contributed by atoms with Gasteiger partial charge in [0.25, 0.3) is 0 Å². The minimum atomic E-state index is -3.95. The molecule has 0 aliphatic heterocycles. The third-order valence-corrected chi connectivity index (χ3v) is 13.2. The highest BCUT2D eigenvalue weighted by Crippen LogP contribution is 2.21. The number of guanidine groups is 4. The van der Waals surface area contributed by atoms with Crippen molar-refractivity contribution in [1.82, 2.24) is 52.2 Å². The first kappa shape index (κ1) is 70.9. The van der Waals surface area contributed by atoms with Gasteiger partial charge in [0.15, 0.2) is 23.8 Å². The van der Waals surface area contributed by atoms with E-state index in [4.69, 9.17) is 45.9 Å². The van der Waals surface area contributed by atoms with Crippen molar-refractivity contribution in [2.45, 2.75) is 112 Å². The summed E-state index contributed by atoms with van der Waals surface area (Å²) in [6.45, 7) is -1.52. The number of rotatable bonds is 41. The molecule has 1 aromatic carbocycles. The molecular weight excluding hydrogens is 1120 g/mol. The number of nitrogens with two attached hydrogens (primary N) is 8. The van der Waals surface area contributed by atoms with Gasteiger partial charge in [-0.15, -0.1) is 0 Å². The molecule has 1 aromatic heterocycles. The fourth-order valence-electron chi connectivity index (χ4n) is 7.54. The van der Waals surface area contributed by atoms with Crippen molar-refractivity contribution < 1.29 is 61.8 Å². The summed E-state index contributed by atoms with van der Waals surface area (Å²) in [6, 6.07) is -1.10. The summed E-state index contributed by atoms with van der Waals surface area (Å²) in [7, 11) is -3.95. The summed E-state index contributed by atoms with van der Waals surface area (Å²) in [6.07, 6.45) is 1.96. The van der Waals surface area contributed by atoms with Gasteiger partial charge in [0.05, 0.1) is 11.5 Å². The molecule has 0 aliphatic carbocycles. The highest BCUT2D eigenvalue weighted by molar-refractivity contribution is 7.89. The molecule has 0 radical (unpaired) electrons. The van der Waals surface area contributed by atoms with Crippen molar-refractivity contribution in [3.05, 3.63) is 36.7 Å². The Kier molecular flexibility index (Phi) is 32.5. The lowest BCUT2D eigenvalue weighted by Crippen LogP contribution is -2.59. The summed E-state index contributed by atoms with van der Waals surface area (Å²) >= 11 is 0. The van der Waals surface area contributed by atoms with Crippen LogP contribution < -0.4 is 93.1 Å². The zero-order chi connectivity index (χ0) is 62.6. The molecule has 0 bridgehead atoms. The molecular formula is C48H80N22O13S. The number of nitrogens with zero attached hydrogens (tertiary/aromatic N) is 5. The van der Waals surface area contributed by atoms with Crippen molar-refractivity contribution in [2.75, 3.05) is 59.0 Å². The number of hydrogen-bond donors (Lipinski definition) is 19. The number of amides is 8. The number of fused-ring (bicyclic) bond motifs is 1. The maximum Gasteiger partial charge on any atom is 0.326 e. The van der Waals surface area contributed by atoms with Gasteiger partial charge in [-0.05, 0) is 63.5 Å². The maximum absolute atomic E-state index is 14.1. The smallest absolute Gasteiger partial charge is 0.326 e. The van der Waals surface area contributed by atoms with E-state index in [2.05, 4.69) is 72.2 Å². The van der Waals surface area contributed by atoms with Crippen LogP contribution in [0.1, 0.15) is 77.0 Å². The molecule has 2 aromatic rings. The summed E-state index contributed by atoms with van der Waals surface area (Å²) in [5.41, 5.74) is 43.4. The van der Waals surface area contributed by atoms with E-state index in [0.717, 1.165) is 0 Å². The molecule has 84 heavy (non-hydrogen) atoms. The Morgan fingerprint density at radius 3 is 1.25 bits per heavy atom. The molecule has 8 amide bonds. The number of sulfonamides is 1. The first-order valence-corrected chi connectivity index (χ1v) is 28.0. The topological polar surface area (TPSA) is 607 Å². The Morgan fingerprint density at radius 1 is 0.488 bits per heavy atom. The second kappa shape index (κ2) is 38.5. The van der Waals surface area contributed by atoms with E-state index in [1.807, 2.05) is 0 Å². The summed E-state index contributed by atoms with van der Waals surface area (Å²) in [5, 5.41) is 40.9. The van der Waals surface area contributed by atoms with Gasteiger partial charge in [-0.25, -0.2) is 17.9 Å². The number of aliphatic imine (C=N–C) groups is 4. The van der Waals surface area contributed by atoms with Gasteiger partial charge in [0.1, 0.15) is 30.2 Å². The van der Waals surface area contributed by atoms with Gasteiger partial charge in [-0.3, -0.25) is 63.3 Å². The number of carboxylic acid groups (broad SMARTS) is 1. The molecule has 2 rings (SSSR count). The van der Waals surface area contributed by atoms with Gasteiger partial charge in [-0.2, -0.15) is 0 Å². The second-order valence-electron chi connectivity index (χ2n) is 18.5. The number of aliphatic hydroxyl groups excluding tert-OH is 1. The molecule has 0 fully saturated rings. The van der Waals surface area contributed by atoms with Gasteiger partial charge >= 0.3 is 5.97 Å². The number of aliphatic hydroxyl groups is 1. The molecule has 0 saturated carbocycles. The van der Waals surface area contributed by atoms with Crippen molar-refractivity contribution >= 4 is 97.9 Å². The van der Waals surface area contributed by atoms with Crippen LogP contribution >= 0.6 is 0 Å². The maximum atomic E-state index is 14.1. The van der Waals surface area contributed by atoms with E-state index in [1.165, 1.54) is 18.5 Å². The van der Waals surface area contributed by atoms with E-state index in [9.17, 15) is 61.8 Å². The van der Waals surface area contributed by atoms with Crippen LogP contribution in [0.5, 0.6) is 0 Å². The van der Waals surface area contributed by atoms with Gasteiger partial charge in [0, 0.05) is 101 Å². The van der Waals surface area contributed by atoms with Crippen LogP contribution in [0.4, 0.5) is 0 Å². The number of carboxylic acids is 1. The lowest BCUT2D eigenvalue weighted by molar-refractivity contribution is -0.142. The number of carbonyl (C=O) groups is 9. The zero-order valence-corrected chi connectivity index (χ0v) is 47.2. The van der Waals surface area contributed by atoms with E-state index in [-0.39, 0.29) is 158 Å². The lowest BCUT2D eigenvalue weighted by atomic mass is 10.0. The lowest BCUT2D eigenvalue weighted by Gasteiger charge is -2.27. The Morgan fingerprint density at radius 2 is 0.857 bits per heavy atom. The van der Waals surface area contributed by atoms with E-state index < -0.39 is 100 Å². The molecule has 5 atom stereocenters. The van der Waals surface area contributed by atoms with Crippen LogP contribution in [0.15, 0.2) is 61.5 Å². The monoisotopic (exact) mass is 1200 g/mol. The van der Waals surface area contributed by atoms with Crippen LogP contribution in [0.25, 0.3) is 10.8 Å². The number of nitrogens with one attached hydrogen (secondary N) is 9. The first-order valence-electron chi connectivity index (χ1n) is 26.5. The minimum Gasteiger partial charge on any atom is -0.480 e. The fourth-order valence-corrected chi connectivity index (χ4v) is 8.80. The molecule has 0 spiro atoms. The van der Waals surface area contributed by atoms with Crippen molar-refractivity contribution in [3.63, 3.8) is 0 Å². The van der Waals surface area contributed by atoms with E-state index in [0.29, 0.717) is 10.8 Å². The SMILES string of the molecule is NC(N)=NCCC[C@H](NC(=O)[C@H](CCCN=C(N)N)NC(=O)[C@H](CCCN=C(N)N)NC(=O)[C@H](CCCN=C(N)N)NC(=O)[C@H](CO)NC(=O)CCNC(=O)CCNC(=O)CCNC(=O)CCNS(=O)(=O)c1cccc2cnccc12)C(=O)O. The normalized spacial score (nSPS) is 12.7. The average Bonchev–Trinajstić information content (AvgIpc) is 2.66. The van der Waals surface area contributed by atoms with Gasteiger partial charge < -0.3 is 98.6 Å². The average molecular weight is 1210 g/mol. The molecule has 35 nitrogen and oxygen atoms in total. The van der Waals surface area contributed by atoms with E-state index >= 15 is 0 Å². The number of pyridine rings is 1. The number of hydrogen-bond acceptors (Lipinski definition) is 17. The number of aromatic nitrogens is 1. The van der Waals surface area contributed by atoms with Crippen LogP contribution in [0.3, 0.4) is 0 Å². The van der Waals surface area contributed by atoms with Crippen LogP contribution in [0.2, 0.25) is 0 Å². The molecule has 0 saturated heterocycles. The Labute approximate surface area is 484 Å². The highest BCUT2D eigenvalue weighted by Gasteiger charge is 2.32. The Hall–Kier alpha value is -9.19. The largest absolute Gasteiger partial charge is 0.480 e. The standard InChI is InChI=1S/C48H80N22O13S/c49-45(50)61-17-2-7-30(40(76)68-32(9-4-19-63-47(53)54)42(78)70-33(44(80)81)10-5-20-64-48(55)56)67-41(77)31(8-3-18-62-46(51)52)69-43(79)34(27-71)66-39(75)15-24-60-37(73)13-22-58-36(72)14-23-59-38(74)16-25-65-84(82,83)35-11-1-6-28-26-57-21-12-29(28)35/h1,6,11-12,21,26,30-34,65,71H,2-5,7-10,13-20,22-25,27H2,(H,58,72)(H,59,74)(H,60,73)(H,66,75)(H,67,77)(H,68,76)(H,69,79)(H,70,78)(H,80,81)(H4,49,50,61)(H4,51,52,62)(H4,53,54,63)(H4,55,56,64)/t30-,31-,32-,33-,34-/m0/s1. The zero-order valence-electron chi connectivity index (χ0n) is 46.3. The molecule has 466 valence electrons. The molecule has 27 N–H and O–H groups in total. The summed E-state index contributed by atoms with van der Waals surface area (Å²) in [5.74, 6) is -8.58. The Balaban J connectivity index is 2.02. The van der Waals surface area contributed by atoms with Crippen molar-refractivity contribution in [3.8, 4) is 0 Å². The molecule has 0 aliphatic rings. The third-order valence-electron chi connectivity index (χ3n) is 11.7. The quantitative estimate of drug-likeness (QED) is 0.0167. The summed E-state index contributed by atoms with van der Waals surface area (Å²) < 4.78 is 28.1. The van der Waals surface area contributed by atoms with Crippen molar-refractivity contribution in [1.29, 1.82) is 0 Å². The Bertz CT molecular complexity index is 2760. The predicted molar refractivity (Wildman–Crippen MR) is 308 cm³/mol. The third kappa shape index (κ3) is 29.5. The van der Waals surface area contributed by atoms with Crippen molar-refractivity contribution in [2.24, 2.45) is 65.8 Å². The molecule has 1 heterocycles. The fraction of sp³-hybridized carbons (Fsp3) is 0.542. The van der Waals surface area contributed by atoms with Crippen LogP contribution in [0, 0.1) is 0 Å². The predicted octanol–water partition coefficient (Wildman–Crippen LogP) is -7.86. The summed E-state index contributed by atoms with van der Waals surface area (Å²) in [4.78, 5) is 137. The molecule has 36 heteroatoms. The van der Waals surface area contributed by atoms with Gasteiger partial charge in [-0.1, -0.05) is 12.1 Å². The first-order chi connectivity index (χ1) is 39.8. The van der Waals surface area contributed by atoms with Gasteiger partial charge in [0.2, 0.25) is 57.3 Å². The van der Waals surface area contributed by atoms with Crippen LogP contribution in [-0.4, -0.2) is 190 Å². The number of benzene rings is 1. The minimum absolute atomic E-state index is 0.0128. The second-order valence-corrected chi connectivity index (χ2v) is 20.2. The molecule has 0 unspecified atom stereocenters. The highest BCUT2D eigenvalue weighted by atomic mass is 32.2. The number of aliphatic carboxylic acids is 1.